The molecule has 68 valence electrons. The molecule has 0 bridgehead atoms. The first-order chi connectivity index (χ1) is 5.75. The first-order valence-electron chi connectivity index (χ1n) is 4.15. The van der Waals surface area contributed by atoms with Crippen molar-refractivity contribution in [2.24, 2.45) is 0 Å². The lowest BCUT2D eigenvalue weighted by atomic mass is 10.4. The van der Waals surface area contributed by atoms with E-state index in [1.807, 2.05) is 36.3 Å². The van der Waals surface area contributed by atoms with Gasteiger partial charge in [-0.25, -0.2) is 9.66 Å². The van der Waals surface area contributed by atoms with Gasteiger partial charge in [0.1, 0.15) is 6.33 Å². The quantitative estimate of drug-likeness (QED) is 0.696. The number of nitrogens with zero attached hydrogens (tertiary/aromatic N) is 3. The number of hydrogen-bond donors (Lipinski definition) is 1. The molecule has 1 aromatic heterocycles. The van der Waals surface area contributed by atoms with Crippen molar-refractivity contribution in [3.63, 3.8) is 0 Å². The summed E-state index contributed by atoms with van der Waals surface area (Å²) in [7, 11) is 3.99. The van der Waals surface area contributed by atoms with Crippen molar-refractivity contribution in [3.8, 4) is 0 Å². The Morgan fingerprint density at radius 1 is 1.58 bits per heavy atom. The SMILES string of the molecule is CCNCc1cncn1N(C)C. The van der Waals surface area contributed by atoms with Crippen LogP contribution in [0.25, 0.3) is 0 Å². The van der Waals surface area contributed by atoms with Crippen molar-refractivity contribution in [1.82, 2.24) is 15.0 Å². The first kappa shape index (κ1) is 9.06. The second kappa shape index (κ2) is 4.11. The van der Waals surface area contributed by atoms with Crippen LogP contribution in [-0.4, -0.2) is 30.3 Å². The molecule has 0 amide bonds. The maximum atomic E-state index is 4.08. The third kappa shape index (κ3) is 1.98. The molecule has 0 aliphatic carbocycles. The topological polar surface area (TPSA) is 33.1 Å². The first-order valence-corrected chi connectivity index (χ1v) is 4.15. The van der Waals surface area contributed by atoms with Gasteiger partial charge in [0.25, 0.3) is 0 Å². The molecular weight excluding hydrogens is 152 g/mol. The predicted molar refractivity (Wildman–Crippen MR) is 49.7 cm³/mol. The summed E-state index contributed by atoms with van der Waals surface area (Å²) in [5.41, 5.74) is 1.18. The summed E-state index contributed by atoms with van der Waals surface area (Å²) < 4.78 is 2.02. The summed E-state index contributed by atoms with van der Waals surface area (Å²) in [6, 6.07) is 0. The highest BCUT2D eigenvalue weighted by Gasteiger charge is 2.00. The maximum Gasteiger partial charge on any atom is 0.114 e. The summed E-state index contributed by atoms with van der Waals surface area (Å²) >= 11 is 0. The van der Waals surface area contributed by atoms with Gasteiger partial charge in [0.05, 0.1) is 11.9 Å². The van der Waals surface area contributed by atoms with Gasteiger partial charge in [-0.2, -0.15) is 0 Å². The van der Waals surface area contributed by atoms with Crippen molar-refractivity contribution in [3.05, 3.63) is 18.2 Å². The van der Waals surface area contributed by atoms with Crippen LogP contribution in [0.4, 0.5) is 0 Å². The van der Waals surface area contributed by atoms with Crippen molar-refractivity contribution >= 4 is 0 Å². The molecule has 12 heavy (non-hydrogen) atoms. The van der Waals surface area contributed by atoms with E-state index in [4.69, 9.17) is 0 Å². The van der Waals surface area contributed by atoms with Gasteiger partial charge in [-0.1, -0.05) is 6.92 Å². The standard InChI is InChI=1S/C8H16N4/c1-4-9-5-8-6-10-7-12(8)11(2)3/h6-7,9H,4-5H2,1-3H3. The average molecular weight is 168 g/mol. The molecule has 4 heteroatoms. The van der Waals surface area contributed by atoms with Crippen LogP contribution in [0.5, 0.6) is 0 Å². The van der Waals surface area contributed by atoms with Gasteiger partial charge < -0.3 is 10.3 Å². The van der Waals surface area contributed by atoms with E-state index in [1.165, 1.54) is 5.69 Å². The van der Waals surface area contributed by atoms with Gasteiger partial charge in [0.2, 0.25) is 0 Å². The van der Waals surface area contributed by atoms with Gasteiger partial charge in [-0.15, -0.1) is 0 Å². The Balaban J connectivity index is 2.64. The van der Waals surface area contributed by atoms with E-state index in [9.17, 15) is 0 Å². The molecule has 0 fully saturated rings. The molecule has 1 rings (SSSR count). The summed E-state index contributed by atoms with van der Waals surface area (Å²) in [4.78, 5) is 4.08. The largest absolute Gasteiger partial charge is 0.318 e. The van der Waals surface area contributed by atoms with Gasteiger partial charge >= 0.3 is 0 Å². The monoisotopic (exact) mass is 168 g/mol. The van der Waals surface area contributed by atoms with Gasteiger partial charge in [-0.05, 0) is 6.54 Å². The van der Waals surface area contributed by atoms with Crippen LogP contribution in [0.1, 0.15) is 12.6 Å². The van der Waals surface area contributed by atoms with Crippen LogP contribution in [0.2, 0.25) is 0 Å². The predicted octanol–water partition coefficient (Wildman–Crippen LogP) is 0.190. The lowest BCUT2D eigenvalue weighted by molar-refractivity contribution is 0.634. The van der Waals surface area contributed by atoms with Crippen molar-refractivity contribution in [1.29, 1.82) is 0 Å². The highest BCUT2D eigenvalue weighted by molar-refractivity contribution is 5.01. The van der Waals surface area contributed by atoms with Crippen molar-refractivity contribution in [2.45, 2.75) is 13.5 Å². The molecule has 1 aromatic rings. The van der Waals surface area contributed by atoms with E-state index in [1.54, 1.807) is 0 Å². The Kier molecular flexibility index (Phi) is 3.10. The zero-order valence-electron chi connectivity index (χ0n) is 7.91. The smallest absolute Gasteiger partial charge is 0.114 e. The summed E-state index contributed by atoms with van der Waals surface area (Å²) in [6.07, 6.45) is 3.69. The van der Waals surface area contributed by atoms with Crippen LogP contribution >= 0.6 is 0 Å². The fraction of sp³-hybridized carbons (Fsp3) is 0.625. The number of imidazole rings is 1. The maximum absolute atomic E-state index is 4.08. The second-order valence-electron chi connectivity index (χ2n) is 2.86. The van der Waals surface area contributed by atoms with Crippen molar-refractivity contribution < 1.29 is 0 Å². The molecule has 0 radical (unpaired) electrons. The van der Waals surface area contributed by atoms with Crippen LogP contribution in [0.15, 0.2) is 12.5 Å². The Hall–Kier alpha value is -1.03. The highest BCUT2D eigenvalue weighted by atomic mass is 15.5. The molecule has 0 aromatic carbocycles. The van der Waals surface area contributed by atoms with E-state index in [2.05, 4.69) is 17.2 Å². The molecule has 4 nitrogen and oxygen atoms in total. The third-order valence-corrected chi connectivity index (χ3v) is 1.68. The zero-order valence-corrected chi connectivity index (χ0v) is 7.91. The van der Waals surface area contributed by atoms with E-state index in [-0.39, 0.29) is 0 Å². The fourth-order valence-corrected chi connectivity index (χ4v) is 1.06. The van der Waals surface area contributed by atoms with Crippen LogP contribution in [-0.2, 0) is 6.54 Å². The number of hydrogen-bond acceptors (Lipinski definition) is 3. The third-order valence-electron chi connectivity index (χ3n) is 1.68. The minimum Gasteiger partial charge on any atom is -0.318 e. The number of rotatable bonds is 4. The molecule has 0 saturated carbocycles. The molecule has 0 unspecified atom stereocenters. The van der Waals surface area contributed by atoms with Crippen LogP contribution in [0.3, 0.4) is 0 Å². The Morgan fingerprint density at radius 3 is 2.92 bits per heavy atom. The number of aromatic nitrogens is 2. The molecule has 1 heterocycles. The van der Waals surface area contributed by atoms with Crippen LogP contribution < -0.4 is 10.3 Å². The molecular formula is C8H16N4. The Labute approximate surface area is 73.2 Å². The lowest BCUT2D eigenvalue weighted by Crippen LogP contribution is -2.27. The average Bonchev–Trinajstić information content (AvgIpc) is 2.48. The Morgan fingerprint density at radius 2 is 2.33 bits per heavy atom. The van der Waals surface area contributed by atoms with Crippen molar-refractivity contribution in [2.75, 3.05) is 25.6 Å². The van der Waals surface area contributed by atoms with E-state index in [0.717, 1.165) is 13.1 Å². The van der Waals surface area contributed by atoms with Gasteiger partial charge in [0, 0.05) is 20.6 Å². The normalized spacial score (nSPS) is 10.2. The van der Waals surface area contributed by atoms with Crippen LogP contribution in [0, 0.1) is 0 Å². The molecule has 1 N–H and O–H groups in total. The summed E-state index contributed by atoms with van der Waals surface area (Å²) in [5.74, 6) is 0. The van der Waals surface area contributed by atoms with Gasteiger partial charge in [0.15, 0.2) is 0 Å². The fourth-order valence-electron chi connectivity index (χ4n) is 1.06. The lowest BCUT2D eigenvalue weighted by Gasteiger charge is -2.16. The molecule has 0 saturated heterocycles. The molecule has 0 spiro atoms. The Bertz CT molecular complexity index is 229. The number of nitrogens with one attached hydrogen (secondary N) is 1. The molecule has 0 aliphatic rings. The van der Waals surface area contributed by atoms with Gasteiger partial charge in [-0.3, -0.25) is 0 Å². The van der Waals surface area contributed by atoms with E-state index in [0.29, 0.717) is 0 Å². The molecule has 0 atom stereocenters. The van der Waals surface area contributed by atoms with E-state index >= 15 is 0 Å². The minimum atomic E-state index is 0.870. The minimum absolute atomic E-state index is 0.870. The zero-order chi connectivity index (χ0) is 8.97. The summed E-state index contributed by atoms with van der Waals surface area (Å²) in [6.45, 7) is 3.95. The molecule has 0 aliphatic heterocycles. The summed E-state index contributed by atoms with van der Waals surface area (Å²) in [5, 5.41) is 5.26. The second-order valence-corrected chi connectivity index (χ2v) is 2.86. The van der Waals surface area contributed by atoms with E-state index < -0.39 is 0 Å². The highest BCUT2D eigenvalue weighted by Crippen LogP contribution is 1.97.